The van der Waals surface area contributed by atoms with Crippen LogP contribution in [0.2, 0.25) is 0 Å². The summed E-state index contributed by atoms with van der Waals surface area (Å²) in [6.45, 7) is 10.1. The molecule has 0 radical (unpaired) electrons. The maximum Gasteiger partial charge on any atom is 0.376 e. The highest BCUT2D eigenvalue weighted by molar-refractivity contribution is 6.06. The molecule has 1 aromatic carbocycles. The number of furan rings is 1. The molecule has 4 heteroatoms. The van der Waals surface area contributed by atoms with Gasteiger partial charge in [-0.05, 0) is 56.9 Å². The van der Waals surface area contributed by atoms with E-state index < -0.39 is 5.97 Å². The maximum absolute atomic E-state index is 11.8. The first-order valence-electron chi connectivity index (χ1n) is 6.35. The van der Waals surface area contributed by atoms with Gasteiger partial charge >= 0.3 is 5.97 Å². The van der Waals surface area contributed by atoms with Crippen LogP contribution in [0.4, 0.5) is 5.69 Å². The van der Waals surface area contributed by atoms with Gasteiger partial charge in [0, 0.05) is 5.39 Å². The summed E-state index contributed by atoms with van der Waals surface area (Å²) in [4.78, 5) is 11.8. The molecule has 0 aliphatic heterocycles. The molecule has 0 atom stereocenters. The molecule has 1 aromatic heterocycles. The van der Waals surface area contributed by atoms with Crippen LogP contribution in [0.5, 0.6) is 0 Å². The molecular formula is C15H19NO3. The van der Waals surface area contributed by atoms with E-state index in [4.69, 9.17) is 14.9 Å². The Morgan fingerprint density at radius 3 is 2.26 bits per heavy atom. The van der Waals surface area contributed by atoms with E-state index in [1.165, 1.54) is 5.56 Å². The van der Waals surface area contributed by atoms with Crippen LogP contribution in [0, 0.1) is 27.7 Å². The van der Waals surface area contributed by atoms with Gasteiger partial charge in [0.2, 0.25) is 5.76 Å². The molecule has 0 unspecified atom stereocenters. The Bertz CT molecular complexity index is 668. The molecule has 0 spiro atoms. The highest BCUT2D eigenvalue weighted by Crippen LogP contribution is 2.37. The Morgan fingerprint density at radius 2 is 1.68 bits per heavy atom. The Hall–Kier alpha value is -1.97. The molecule has 0 aliphatic rings. The van der Waals surface area contributed by atoms with E-state index in [0.29, 0.717) is 17.9 Å². The first-order valence-corrected chi connectivity index (χ1v) is 6.35. The topological polar surface area (TPSA) is 65.5 Å². The monoisotopic (exact) mass is 261 g/mol. The fourth-order valence-corrected chi connectivity index (χ4v) is 2.35. The lowest BCUT2D eigenvalue weighted by Crippen LogP contribution is -2.05. The van der Waals surface area contributed by atoms with E-state index >= 15 is 0 Å². The van der Waals surface area contributed by atoms with Crippen molar-refractivity contribution in [3.05, 3.63) is 28.0 Å². The minimum absolute atomic E-state index is 0.105. The Labute approximate surface area is 112 Å². The Balaban J connectivity index is 2.81. The van der Waals surface area contributed by atoms with Crippen molar-refractivity contribution in [3.8, 4) is 0 Å². The zero-order valence-corrected chi connectivity index (χ0v) is 12.0. The third kappa shape index (κ3) is 1.87. The van der Waals surface area contributed by atoms with Crippen molar-refractivity contribution < 1.29 is 13.9 Å². The van der Waals surface area contributed by atoms with Gasteiger partial charge in [-0.3, -0.25) is 0 Å². The summed E-state index contributed by atoms with van der Waals surface area (Å²) in [5.74, 6) is -0.404. The molecule has 1 heterocycles. The number of benzene rings is 1. The number of ether oxygens (including phenoxy) is 1. The van der Waals surface area contributed by atoms with E-state index in [2.05, 4.69) is 0 Å². The van der Waals surface area contributed by atoms with Crippen molar-refractivity contribution in [1.82, 2.24) is 0 Å². The van der Waals surface area contributed by atoms with Crippen molar-refractivity contribution in [3.63, 3.8) is 0 Å². The van der Waals surface area contributed by atoms with Gasteiger partial charge in [0.1, 0.15) is 5.58 Å². The zero-order chi connectivity index (χ0) is 14.3. The van der Waals surface area contributed by atoms with Crippen LogP contribution < -0.4 is 5.73 Å². The number of anilines is 1. The van der Waals surface area contributed by atoms with Gasteiger partial charge in [0.05, 0.1) is 12.3 Å². The van der Waals surface area contributed by atoms with Crippen LogP contribution in [-0.2, 0) is 4.74 Å². The predicted molar refractivity (Wildman–Crippen MR) is 75.5 cm³/mol. The van der Waals surface area contributed by atoms with Crippen LogP contribution in [0.1, 0.15) is 39.7 Å². The molecule has 0 fully saturated rings. The molecular weight excluding hydrogens is 242 g/mol. The molecule has 0 saturated carbocycles. The summed E-state index contributed by atoms with van der Waals surface area (Å²) in [7, 11) is 0. The molecule has 4 nitrogen and oxygen atoms in total. The smallest absolute Gasteiger partial charge is 0.376 e. The van der Waals surface area contributed by atoms with E-state index in [0.717, 1.165) is 22.1 Å². The first kappa shape index (κ1) is 13.5. The number of hydrogen-bond acceptors (Lipinski definition) is 4. The number of aryl methyl sites for hydroxylation is 2. The third-order valence-electron chi connectivity index (χ3n) is 3.81. The number of fused-ring (bicyclic) bond motifs is 1. The van der Waals surface area contributed by atoms with Crippen LogP contribution in [0.15, 0.2) is 4.42 Å². The van der Waals surface area contributed by atoms with E-state index in [-0.39, 0.29) is 5.76 Å². The van der Waals surface area contributed by atoms with Crippen molar-refractivity contribution in [2.75, 3.05) is 12.3 Å². The predicted octanol–water partition coefficient (Wildman–Crippen LogP) is 3.43. The van der Waals surface area contributed by atoms with E-state index in [1.807, 2.05) is 27.7 Å². The molecule has 19 heavy (non-hydrogen) atoms. The number of rotatable bonds is 2. The van der Waals surface area contributed by atoms with Gasteiger partial charge in [-0.25, -0.2) is 4.79 Å². The molecule has 2 rings (SSSR count). The third-order valence-corrected chi connectivity index (χ3v) is 3.81. The lowest BCUT2D eigenvalue weighted by atomic mass is 9.95. The number of esters is 1. The maximum atomic E-state index is 11.8. The molecule has 0 amide bonds. The Kier molecular flexibility index (Phi) is 3.27. The SMILES string of the molecule is CCOC(=O)c1oc2c(C)c(C)c(C)c(C)c2c1N. The summed E-state index contributed by atoms with van der Waals surface area (Å²) in [5.41, 5.74) is 11.5. The van der Waals surface area contributed by atoms with Crippen LogP contribution in [0.3, 0.4) is 0 Å². The van der Waals surface area contributed by atoms with Crippen LogP contribution >= 0.6 is 0 Å². The second-order valence-electron chi connectivity index (χ2n) is 4.77. The zero-order valence-electron chi connectivity index (χ0n) is 12.0. The molecule has 0 aliphatic carbocycles. The van der Waals surface area contributed by atoms with Gasteiger partial charge in [0.25, 0.3) is 0 Å². The minimum Gasteiger partial charge on any atom is -0.460 e. The van der Waals surface area contributed by atoms with Crippen LogP contribution in [-0.4, -0.2) is 12.6 Å². The summed E-state index contributed by atoms with van der Waals surface area (Å²) >= 11 is 0. The molecule has 102 valence electrons. The fraction of sp³-hybridized carbons (Fsp3) is 0.400. The van der Waals surface area contributed by atoms with Crippen molar-refractivity contribution in [1.29, 1.82) is 0 Å². The van der Waals surface area contributed by atoms with Gasteiger partial charge in [-0.15, -0.1) is 0 Å². The van der Waals surface area contributed by atoms with Gasteiger partial charge in [-0.2, -0.15) is 0 Å². The normalized spacial score (nSPS) is 11.0. The van der Waals surface area contributed by atoms with Gasteiger partial charge < -0.3 is 14.9 Å². The largest absolute Gasteiger partial charge is 0.460 e. The number of carbonyl (C=O) groups is 1. The molecule has 0 saturated heterocycles. The number of nitrogens with two attached hydrogens (primary N) is 1. The molecule has 2 aromatic rings. The summed E-state index contributed by atoms with van der Waals surface area (Å²) in [6, 6.07) is 0. The number of nitrogen functional groups attached to an aromatic ring is 1. The Morgan fingerprint density at radius 1 is 1.11 bits per heavy atom. The fourth-order valence-electron chi connectivity index (χ4n) is 2.35. The highest BCUT2D eigenvalue weighted by atomic mass is 16.5. The van der Waals surface area contributed by atoms with Gasteiger partial charge in [0.15, 0.2) is 0 Å². The second-order valence-corrected chi connectivity index (χ2v) is 4.77. The lowest BCUT2D eigenvalue weighted by molar-refractivity contribution is 0.0494. The summed E-state index contributed by atoms with van der Waals surface area (Å²) in [5, 5.41) is 0.823. The second kappa shape index (κ2) is 4.61. The van der Waals surface area contributed by atoms with Crippen molar-refractivity contribution >= 4 is 22.6 Å². The average Bonchev–Trinajstić information content (AvgIpc) is 2.72. The van der Waals surface area contributed by atoms with Crippen molar-refractivity contribution in [2.45, 2.75) is 34.6 Å². The molecule has 0 bridgehead atoms. The summed E-state index contributed by atoms with van der Waals surface area (Å²) in [6.07, 6.45) is 0. The van der Waals surface area contributed by atoms with Gasteiger partial charge in [-0.1, -0.05) is 0 Å². The number of hydrogen-bond donors (Lipinski definition) is 1. The quantitative estimate of drug-likeness (QED) is 0.841. The first-order chi connectivity index (χ1) is 8.90. The molecule has 2 N–H and O–H groups in total. The summed E-state index contributed by atoms with van der Waals surface area (Å²) < 4.78 is 10.6. The minimum atomic E-state index is -0.509. The van der Waals surface area contributed by atoms with Crippen molar-refractivity contribution in [2.24, 2.45) is 0 Å². The average molecular weight is 261 g/mol. The standard InChI is InChI=1S/C15H19NO3/c1-6-18-15(17)14-12(16)11-9(4)7(2)8(3)10(5)13(11)19-14/h6,16H2,1-5H3. The van der Waals surface area contributed by atoms with E-state index in [1.54, 1.807) is 6.92 Å². The number of carbonyl (C=O) groups excluding carboxylic acids is 1. The van der Waals surface area contributed by atoms with E-state index in [9.17, 15) is 4.79 Å². The lowest BCUT2D eigenvalue weighted by Gasteiger charge is -2.09. The highest BCUT2D eigenvalue weighted by Gasteiger charge is 2.23. The van der Waals surface area contributed by atoms with Crippen LogP contribution in [0.25, 0.3) is 11.0 Å².